The van der Waals surface area contributed by atoms with Gasteiger partial charge in [0.25, 0.3) is 0 Å². The molecule has 8 N–H and O–H groups in total. The van der Waals surface area contributed by atoms with Gasteiger partial charge >= 0.3 is 17.9 Å². The molecule has 4 atom stereocenters. The van der Waals surface area contributed by atoms with E-state index in [9.17, 15) is 33.9 Å². The van der Waals surface area contributed by atoms with Gasteiger partial charge in [-0.1, -0.05) is 44.2 Å². The van der Waals surface area contributed by atoms with Gasteiger partial charge in [0.2, 0.25) is 17.7 Å². The fourth-order valence-electron chi connectivity index (χ4n) is 3.05. The third kappa shape index (κ3) is 10.2. The largest absolute Gasteiger partial charge is 0.481 e. The van der Waals surface area contributed by atoms with Gasteiger partial charge in [-0.15, -0.1) is 0 Å². The Kier molecular flexibility index (Phi) is 11.3. The van der Waals surface area contributed by atoms with E-state index in [4.69, 9.17) is 15.9 Å². The van der Waals surface area contributed by atoms with Gasteiger partial charge < -0.3 is 37.0 Å². The lowest BCUT2D eigenvalue weighted by Gasteiger charge is -2.26. The summed E-state index contributed by atoms with van der Waals surface area (Å²) in [5.74, 6) is -7.82. The zero-order valence-electron chi connectivity index (χ0n) is 19.3. The predicted molar refractivity (Wildman–Crippen MR) is 121 cm³/mol. The summed E-state index contributed by atoms with van der Waals surface area (Å²) in [7, 11) is 0. The van der Waals surface area contributed by atoms with Crippen molar-refractivity contribution in [3.63, 3.8) is 0 Å². The van der Waals surface area contributed by atoms with E-state index in [-0.39, 0.29) is 6.42 Å². The second kappa shape index (κ2) is 13.6. The molecule has 0 fully saturated rings. The van der Waals surface area contributed by atoms with Crippen molar-refractivity contribution in [2.75, 3.05) is 0 Å². The first kappa shape index (κ1) is 29.0. The van der Waals surface area contributed by atoms with Gasteiger partial charge in [-0.25, -0.2) is 4.79 Å². The first-order valence-electron chi connectivity index (χ1n) is 10.7. The van der Waals surface area contributed by atoms with Crippen LogP contribution in [0.2, 0.25) is 0 Å². The summed E-state index contributed by atoms with van der Waals surface area (Å²) in [6, 6.07) is 3.02. The van der Waals surface area contributed by atoms with Crippen LogP contribution in [0, 0.1) is 5.92 Å². The minimum Gasteiger partial charge on any atom is -0.481 e. The summed E-state index contributed by atoms with van der Waals surface area (Å²) in [5.41, 5.74) is 6.64. The maximum absolute atomic E-state index is 12.8. The summed E-state index contributed by atoms with van der Waals surface area (Å²) in [6.45, 7) is 3.05. The molecule has 1 aromatic rings. The Morgan fingerprint density at radius 3 is 1.77 bits per heavy atom. The van der Waals surface area contributed by atoms with Crippen molar-refractivity contribution >= 4 is 35.6 Å². The summed E-state index contributed by atoms with van der Waals surface area (Å²) in [6.07, 6.45) is -1.57. The molecule has 192 valence electrons. The van der Waals surface area contributed by atoms with Gasteiger partial charge in [-0.2, -0.15) is 0 Å². The van der Waals surface area contributed by atoms with E-state index in [0.29, 0.717) is 0 Å². The van der Waals surface area contributed by atoms with Gasteiger partial charge in [0, 0.05) is 0 Å². The Hall–Kier alpha value is -4.00. The Bertz CT molecular complexity index is 936. The number of rotatable bonds is 14. The molecule has 35 heavy (non-hydrogen) atoms. The number of carbonyl (C=O) groups excluding carboxylic acids is 3. The van der Waals surface area contributed by atoms with Crippen LogP contribution in [0.5, 0.6) is 0 Å². The lowest BCUT2D eigenvalue weighted by Crippen LogP contribution is -2.59. The van der Waals surface area contributed by atoms with Crippen molar-refractivity contribution in [2.24, 2.45) is 11.7 Å². The molecule has 0 saturated heterocycles. The van der Waals surface area contributed by atoms with Gasteiger partial charge in [0.15, 0.2) is 0 Å². The van der Waals surface area contributed by atoms with Gasteiger partial charge in [0.1, 0.15) is 18.1 Å². The highest BCUT2D eigenvalue weighted by Gasteiger charge is 2.33. The highest BCUT2D eigenvalue weighted by atomic mass is 16.4. The minimum absolute atomic E-state index is 0.130. The van der Waals surface area contributed by atoms with Crippen LogP contribution in [-0.4, -0.2) is 75.1 Å². The number of benzene rings is 1. The second-order valence-corrected chi connectivity index (χ2v) is 8.18. The number of carboxylic acids is 3. The summed E-state index contributed by atoms with van der Waals surface area (Å²) >= 11 is 0. The van der Waals surface area contributed by atoms with Gasteiger partial charge in [0.05, 0.1) is 18.9 Å². The molecular weight excluding hydrogens is 464 g/mol. The molecule has 13 nitrogen and oxygen atoms in total. The highest BCUT2D eigenvalue weighted by Crippen LogP contribution is 2.07. The van der Waals surface area contributed by atoms with Crippen molar-refractivity contribution in [1.29, 1.82) is 0 Å². The number of aliphatic carboxylic acids is 3. The smallest absolute Gasteiger partial charge is 0.326 e. The molecule has 0 spiro atoms. The van der Waals surface area contributed by atoms with Crippen molar-refractivity contribution in [1.82, 2.24) is 16.0 Å². The molecular formula is C22H30N4O9. The molecule has 0 aliphatic rings. The normalized spacial score (nSPS) is 14.2. The third-order valence-corrected chi connectivity index (χ3v) is 4.89. The van der Waals surface area contributed by atoms with E-state index in [1.807, 2.05) is 5.32 Å². The number of hydrogen-bond acceptors (Lipinski definition) is 7. The molecule has 0 heterocycles. The lowest BCUT2D eigenvalue weighted by molar-refractivity contribution is -0.147. The Balaban J connectivity index is 2.94. The average Bonchev–Trinajstić information content (AvgIpc) is 2.75. The third-order valence-electron chi connectivity index (χ3n) is 4.89. The molecule has 0 saturated carbocycles. The average molecular weight is 495 g/mol. The fraction of sp³-hybridized carbons (Fsp3) is 0.455. The minimum atomic E-state index is -1.75. The van der Waals surface area contributed by atoms with Gasteiger partial charge in [-0.3, -0.25) is 24.0 Å². The maximum Gasteiger partial charge on any atom is 0.326 e. The molecule has 3 amide bonds. The Morgan fingerprint density at radius 1 is 0.771 bits per heavy atom. The number of hydrogen-bond donors (Lipinski definition) is 7. The molecule has 0 aliphatic carbocycles. The van der Waals surface area contributed by atoms with Crippen LogP contribution >= 0.6 is 0 Å². The lowest BCUT2D eigenvalue weighted by atomic mass is 10.0. The van der Waals surface area contributed by atoms with Crippen molar-refractivity contribution < 1.29 is 44.1 Å². The van der Waals surface area contributed by atoms with Crippen LogP contribution in [-0.2, 0) is 35.2 Å². The SMILES string of the molecule is CC(C)C(NC(=O)C(CC(=O)O)NC(=O)C(N)Cc1ccccc1)C(=O)NC(CC(=O)O)C(=O)O. The molecule has 4 unspecified atom stereocenters. The monoisotopic (exact) mass is 494 g/mol. The van der Waals surface area contributed by atoms with E-state index in [1.54, 1.807) is 30.3 Å². The standard InChI is InChI=1S/C22H30N4O9/c1-11(2)18(21(33)25-15(22(34)35)10-17(29)30)26-20(32)14(9-16(27)28)24-19(31)13(23)8-12-6-4-3-5-7-12/h3-7,11,13-15,18H,8-10,23H2,1-2H3,(H,24,31)(H,25,33)(H,26,32)(H,27,28)(H,29,30)(H,34,35). The van der Waals surface area contributed by atoms with E-state index >= 15 is 0 Å². The van der Waals surface area contributed by atoms with Gasteiger partial charge in [-0.05, 0) is 17.9 Å². The van der Waals surface area contributed by atoms with Crippen molar-refractivity contribution in [3.05, 3.63) is 35.9 Å². The van der Waals surface area contributed by atoms with E-state index < -0.39 is 78.6 Å². The molecule has 0 radical (unpaired) electrons. The quantitative estimate of drug-likeness (QED) is 0.162. The molecule has 1 rings (SSSR count). The second-order valence-electron chi connectivity index (χ2n) is 8.18. The van der Waals surface area contributed by atoms with E-state index in [1.165, 1.54) is 13.8 Å². The molecule has 0 aromatic heterocycles. The van der Waals surface area contributed by atoms with Crippen molar-refractivity contribution in [3.8, 4) is 0 Å². The first-order valence-corrected chi connectivity index (χ1v) is 10.7. The molecule has 13 heteroatoms. The highest BCUT2D eigenvalue weighted by molar-refractivity contribution is 5.96. The maximum atomic E-state index is 12.8. The van der Waals surface area contributed by atoms with Crippen LogP contribution in [0.4, 0.5) is 0 Å². The van der Waals surface area contributed by atoms with Crippen LogP contribution in [0.3, 0.4) is 0 Å². The number of nitrogens with one attached hydrogen (secondary N) is 3. The van der Waals surface area contributed by atoms with Crippen LogP contribution in [0.1, 0.15) is 32.3 Å². The van der Waals surface area contributed by atoms with E-state index in [2.05, 4.69) is 10.6 Å². The Morgan fingerprint density at radius 2 is 1.29 bits per heavy atom. The predicted octanol–water partition coefficient (Wildman–Crippen LogP) is -1.30. The number of carbonyl (C=O) groups is 6. The topological polar surface area (TPSA) is 225 Å². The first-order chi connectivity index (χ1) is 16.3. The molecule has 0 bridgehead atoms. The fourth-order valence-corrected chi connectivity index (χ4v) is 3.05. The zero-order valence-corrected chi connectivity index (χ0v) is 19.3. The van der Waals surface area contributed by atoms with Crippen molar-refractivity contribution in [2.45, 2.75) is 57.3 Å². The number of nitrogens with two attached hydrogens (primary N) is 1. The van der Waals surface area contributed by atoms with Crippen LogP contribution in [0.25, 0.3) is 0 Å². The summed E-state index contributed by atoms with van der Waals surface area (Å²) in [5, 5.41) is 33.7. The summed E-state index contributed by atoms with van der Waals surface area (Å²) < 4.78 is 0. The zero-order chi connectivity index (χ0) is 26.7. The van der Waals surface area contributed by atoms with Crippen LogP contribution < -0.4 is 21.7 Å². The number of carboxylic acid groups (broad SMARTS) is 3. The summed E-state index contributed by atoms with van der Waals surface area (Å²) in [4.78, 5) is 71.3. The molecule has 1 aromatic carbocycles. The van der Waals surface area contributed by atoms with E-state index in [0.717, 1.165) is 5.56 Å². The number of amides is 3. The Labute approximate surface area is 201 Å². The van der Waals surface area contributed by atoms with Crippen LogP contribution in [0.15, 0.2) is 30.3 Å². The molecule has 0 aliphatic heterocycles.